The zero-order valence-electron chi connectivity index (χ0n) is 25.5. The number of piperidine rings is 1. The van der Waals surface area contributed by atoms with Crippen LogP contribution in [-0.4, -0.2) is 65.6 Å². The number of aliphatic carboxylic acids is 1. The Labute approximate surface area is 261 Å². The zero-order valence-corrected chi connectivity index (χ0v) is 26.3. The highest BCUT2D eigenvalue weighted by Crippen LogP contribution is 2.41. The molecule has 44 heavy (non-hydrogen) atoms. The summed E-state index contributed by atoms with van der Waals surface area (Å²) in [5.74, 6) is -0.133. The molecule has 7 rings (SSSR count). The van der Waals surface area contributed by atoms with Gasteiger partial charge in [-0.1, -0.05) is 29.8 Å². The fourth-order valence-electron chi connectivity index (χ4n) is 6.34. The van der Waals surface area contributed by atoms with Gasteiger partial charge in [-0.3, -0.25) is 9.20 Å². The van der Waals surface area contributed by atoms with E-state index in [0.717, 1.165) is 35.3 Å². The lowest BCUT2D eigenvalue weighted by atomic mass is 9.92. The van der Waals surface area contributed by atoms with Gasteiger partial charge in [0, 0.05) is 24.2 Å². The van der Waals surface area contributed by atoms with Crippen molar-refractivity contribution in [3.8, 4) is 28.1 Å². The van der Waals surface area contributed by atoms with Crippen LogP contribution < -0.4 is 9.64 Å². The number of aryl methyl sites for hydroxylation is 2. The van der Waals surface area contributed by atoms with Gasteiger partial charge < -0.3 is 24.2 Å². The number of benzene rings is 2. The van der Waals surface area contributed by atoms with Gasteiger partial charge in [-0.05, 0) is 81.0 Å². The zero-order chi connectivity index (χ0) is 31.2. The lowest BCUT2D eigenvalue weighted by Crippen LogP contribution is -2.45. The Kier molecular flexibility index (Phi) is 8.30. The summed E-state index contributed by atoms with van der Waals surface area (Å²) < 4.78 is 35.6. The minimum Gasteiger partial charge on any atom is -0.490 e. The number of anilines is 1. The molecule has 0 aliphatic carbocycles. The van der Waals surface area contributed by atoms with Gasteiger partial charge in [-0.2, -0.15) is 0 Å². The standard InChI is InChI=1S/C34H37ClFN3O5/c1-20-16-26(36)29-23-6-5-7-24(18-23)30-31(35)39-32(37-30)22(3)21(2)25(19-28(40)41)33(39)38-10-8-34(4,9-11-38)44-15-13-42-12-14-43-27(29)17-20/h5-7,16-18H,8-15,19H2,1-4H3,(H,40,41). The number of ether oxygens (including phenoxy) is 3. The molecule has 3 aliphatic rings. The number of hydrogen-bond acceptors (Lipinski definition) is 6. The van der Waals surface area contributed by atoms with Crippen molar-refractivity contribution in [2.75, 3.05) is 44.4 Å². The van der Waals surface area contributed by atoms with E-state index in [1.54, 1.807) is 0 Å². The van der Waals surface area contributed by atoms with Crippen molar-refractivity contribution in [1.29, 1.82) is 0 Å². The maximum Gasteiger partial charge on any atom is 0.307 e. The summed E-state index contributed by atoms with van der Waals surface area (Å²) in [5, 5.41) is 10.3. The highest BCUT2D eigenvalue weighted by molar-refractivity contribution is 6.32. The molecule has 0 radical (unpaired) electrons. The molecule has 0 saturated carbocycles. The van der Waals surface area contributed by atoms with Crippen molar-refractivity contribution in [2.24, 2.45) is 0 Å². The molecule has 1 fully saturated rings. The van der Waals surface area contributed by atoms with Crippen molar-refractivity contribution in [3.63, 3.8) is 0 Å². The van der Waals surface area contributed by atoms with E-state index in [4.69, 9.17) is 30.8 Å². The molecule has 0 unspecified atom stereocenters. The summed E-state index contributed by atoms with van der Waals surface area (Å²) in [6.45, 7) is 10.6. The summed E-state index contributed by atoms with van der Waals surface area (Å²) in [4.78, 5) is 19.3. The van der Waals surface area contributed by atoms with Crippen LogP contribution in [0.3, 0.4) is 0 Å². The highest BCUT2D eigenvalue weighted by Gasteiger charge is 2.34. The second-order valence-electron chi connectivity index (χ2n) is 12.0. The number of carboxylic acids is 1. The molecule has 8 nitrogen and oxygen atoms in total. The second-order valence-corrected chi connectivity index (χ2v) is 12.3. The number of aromatic nitrogens is 2. The van der Waals surface area contributed by atoms with E-state index >= 15 is 4.39 Å². The van der Waals surface area contributed by atoms with Crippen LogP contribution in [0.1, 0.15) is 42.0 Å². The maximum absolute atomic E-state index is 15.5. The molecule has 2 aromatic carbocycles. The molecule has 1 N–H and O–H groups in total. The van der Waals surface area contributed by atoms with Gasteiger partial charge in [0.1, 0.15) is 40.5 Å². The third-order valence-corrected chi connectivity index (χ3v) is 9.24. The van der Waals surface area contributed by atoms with Crippen LogP contribution in [0.4, 0.5) is 10.2 Å². The van der Waals surface area contributed by atoms with E-state index in [0.29, 0.717) is 77.4 Å². The van der Waals surface area contributed by atoms with E-state index in [-0.39, 0.29) is 24.4 Å². The van der Waals surface area contributed by atoms with Gasteiger partial charge in [0.2, 0.25) is 0 Å². The number of fused-ring (bicyclic) bond motifs is 8. The van der Waals surface area contributed by atoms with Crippen molar-refractivity contribution < 1.29 is 28.5 Å². The van der Waals surface area contributed by atoms with Crippen LogP contribution in [0.2, 0.25) is 5.15 Å². The Morgan fingerprint density at radius 3 is 2.52 bits per heavy atom. The Balaban J connectivity index is 1.57. The van der Waals surface area contributed by atoms with E-state index in [1.807, 2.05) is 55.5 Å². The number of nitrogens with zero attached hydrogens (tertiary/aromatic N) is 3. The molecule has 3 aliphatic heterocycles. The summed E-state index contributed by atoms with van der Waals surface area (Å²) >= 11 is 7.20. The first kappa shape index (κ1) is 30.4. The molecule has 10 heteroatoms. The molecule has 0 atom stereocenters. The molecular formula is C34H37ClFN3O5. The number of pyridine rings is 1. The maximum atomic E-state index is 15.5. The normalized spacial score (nSPS) is 17.0. The minimum absolute atomic E-state index is 0.144. The van der Waals surface area contributed by atoms with E-state index in [1.165, 1.54) is 6.07 Å². The predicted octanol–water partition coefficient (Wildman–Crippen LogP) is 6.80. The first-order valence-corrected chi connectivity index (χ1v) is 15.4. The fourth-order valence-corrected chi connectivity index (χ4v) is 6.65. The summed E-state index contributed by atoms with van der Waals surface area (Å²) in [6, 6.07) is 10.8. The topological polar surface area (TPSA) is 85.5 Å². The quantitative estimate of drug-likeness (QED) is 0.247. The van der Waals surface area contributed by atoms with Gasteiger partial charge in [0.25, 0.3) is 0 Å². The average molecular weight is 622 g/mol. The largest absolute Gasteiger partial charge is 0.490 e. The van der Waals surface area contributed by atoms with E-state index in [2.05, 4.69) is 11.8 Å². The third-order valence-electron chi connectivity index (χ3n) is 8.89. The number of carbonyl (C=O) groups is 1. The van der Waals surface area contributed by atoms with Crippen molar-refractivity contribution in [1.82, 2.24) is 9.38 Å². The minimum atomic E-state index is -0.915. The van der Waals surface area contributed by atoms with Gasteiger partial charge in [0.05, 0.1) is 37.4 Å². The lowest BCUT2D eigenvalue weighted by molar-refractivity contribution is -0.136. The van der Waals surface area contributed by atoms with Crippen molar-refractivity contribution in [2.45, 2.75) is 52.6 Å². The van der Waals surface area contributed by atoms with E-state index < -0.39 is 5.97 Å². The Bertz CT molecular complexity index is 1750. The van der Waals surface area contributed by atoms with E-state index in [9.17, 15) is 9.90 Å². The number of hydrogen-bond donors (Lipinski definition) is 1. The molecule has 6 bridgehead atoms. The smallest absolute Gasteiger partial charge is 0.307 e. The molecule has 0 spiro atoms. The van der Waals surface area contributed by atoms with Crippen molar-refractivity contribution >= 4 is 29.0 Å². The SMILES string of the molecule is Cc1cc(F)c2c(c1)OCCOCCOC1(C)CCN(CC1)c1c(CC(=O)O)c(C)c(C)c3nc(c(Cl)n13)-c1cccc-2c1. The molecule has 2 aromatic heterocycles. The van der Waals surface area contributed by atoms with Crippen LogP contribution in [0, 0.1) is 26.6 Å². The number of carboxylic acid groups (broad SMARTS) is 1. The first-order chi connectivity index (χ1) is 21.1. The highest BCUT2D eigenvalue weighted by atomic mass is 35.5. The van der Waals surface area contributed by atoms with Gasteiger partial charge in [-0.25, -0.2) is 9.37 Å². The van der Waals surface area contributed by atoms with Crippen LogP contribution in [-0.2, 0) is 20.7 Å². The molecular weight excluding hydrogens is 585 g/mol. The molecule has 232 valence electrons. The fraction of sp³-hybridized carbons (Fsp3) is 0.412. The predicted molar refractivity (Wildman–Crippen MR) is 169 cm³/mol. The Morgan fingerprint density at radius 2 is 1.77 bits per heavy atom. The third kappa shape index (κ3) is 5.64. The van der Waals surface area contributed by atoms with Crippen LogP contribution in [0.5, 0.6) is 5.75 Å². The first-order valence-electron chi connectivity index (χ1n) is 15.0. The van der Waals surface area contributed by atoms with Crippen LogP contribution >= 0.6 is 11.6 Å². The second kappa shape index (κ2) is 12.0. The van der Waals surface area contributed by atoms with Crippen LogP contribution in [0.25, 0.3) is 28.0 Å². The number of rotatable bonds is 2. The Morgan fingerprint density at radius 1 is 1.05 bits per heavy atom. The molecule has 4 aromatic rings. The number of imidazole rings is 1. The molecule has 5 heterocycles. The van der Waals surface area contributed by atoms with Crippen LogP contribution in [0.15, 0.2) is 36.4 Å². The summed E-state index contributed by atoms with van der Waals surface area (Å²) in [7, 11) is 0. The van der Waals surface area contributed by atoms with Gasteiger partial charge >= 0.3 is 5.97 Å². The molecule has 1 saturated heterocycles. The summed E-state index contributed by atoms with van der Waals surface area (Å²) in [6.07, 6.45) is 1.36. The lowest BCUT2D eigenvalue weighted by Gasteiger charge is -2.41. The average Bonchev–Trinajstić information content (AvgIpc) is 3.32. The van der Waals surface area contributed by atoms with Gasteiger partial charge in [-0.15, -0.1) is 0 Å². The molecule has 0 amide bonds. The van der Waals surface area contributed by atoms with Crippen molar-refractivity contribution in [3.05, 3.63) is 69.6 Å². The Hall–Kier alpha value is -3.66. The monoisotopic (exact) mass is 621 g/mol. The van der Waals surface area contributed by atoms with Gasteiger partial charge in [0.15, 0.2) is 0 Å². The number of halogens is 2. The summed E-state index contributed by atoms with van der Waals surface area (Å²) in [5.41, 5.74) is 5.74.